The third-order valence-electron chi connectivity index (χ3n) is 5.37. The Bertz CT molecular complexity index is 1050. The van der Waals surface area contributed by atoms with Crippen molar-refractivity contribution < 1.29 is 4.79 Å². The summed E-state index contributed by atoms with van der Waals surface area (Å²) in [7, 11) is 0. The number of pyridine rings is 1. The predicted octanol–water partition coefficient (Wildman–Crippen LogP) is 5.74. The van der Waals surface area contributed by atoms with Gasteiger partial charge in [0.2, 0.25) is 5.91 Å². The van der Waals surface area contributed by atoms with Crippen molar-refractivity contribution in [3.63, 3.8) is 0 Å². The summed E-state index contributed by atoms with van der Waals surface area (Å²) in [5, 5.41) is 0. The monoisotopic (exact) mass is 408 g/mol. The number of benzene rings is 1. The highest BCUT2D eigenvalue weighted by atomic mass is 35.5. The highest BCUT2D eigenvalue weighted by Crippen LogP contribution is 2.43. The zero-order valence-corrected chi connectivity index (χ0v) is 17.5. The molecular formula is C23H21ClN2OS. The second-order valence-electron chi connectivity index (χ2n) is 7.08. The van der Waals surface area contributed by atoms with Gasteiger partial charge in [-0.2, -0.15) is 0 Å². The first-order valence-electron chi connectivity index (χ1n) is 9.20. The van der Waals surface area contributed by atoms with Crippen LogP contribution in [-0.4, -0.2) is 22.3 Å². The van der Waals surface area contributed by atoms with Crippen LogP contribution in [0.3, 0.4) is 0 Å². The molecule has 1 amide bonds. The van der Waals surface area contributed by atoms with Crippen molar-refractivity contribution in [2.45, 2.75) is 26.3 Å². The predicted molar refractivity (Wildman–Crippen MR) is 116 cm³/mol. The molecule has 1 atom stereocenters. The van der Waals surface area contributed by atoms with E-state index in [1.54, 1.807) is 11.3 Å². The molecule has 0 aliphatic carbocycles. The zero-order chi connectivity index (χ0) is 19.8. The summed E-state index contributed by atoms with van der Waals surface area (Å²) < 4.78 is 0.758. The molecule has 2 aromatic heterocycles. The quantitative estimate of drug-likeness (QED) is 0.517. The lowest BCUT2D eigenvalue weighted by atomic mass is 9.83. The van der Waals surface area contributed by atoms with Crippen molar-refractivity contribution in [1.82, 2.24) is 9.88 Å². The van der Waals surface area contributed by atoms with Gasteiger partial charge in [0, 0.05) is 34.8 Å². The normalized spacial score (nSPS) is 16.0. The number of aryl methyl sites for hydroxylation is 2. The molecule has 3 heterocycles. The maximum Gasteiger partial charge on any atom is 0.246 e. The van der Waals surface area contributed by atoms with Crippen LogP contribution in [-0.2, 0) is 11.3 Å². The molecule has 28 heavy (non-hydrogen) atoms. The fourth-order valence-corrected chi connectivity index (χ4v) is 5.43. The Balaban J connectivity index is 1.89. The summed E-state index contributed by atoms with van der Waals surface area (Å²) in [5.41, 5.74) is 6.93. The van der Waals surface area contributed by atoms with Crippen molar-refractivity contribution >= 4 is 28.8 Å². The Morgan fingerprint density at radius 1 is 1.29 bits per heavy atom. The second kappa shape index (κ2) is 7.53. The molecule has 0 radical (unpaired) electrons. The summed E-state index contributed by atoms with van der Waals surface area (Å²) in [5.74, 6) is 0.0120. The number of halogens is 1. The van der Waals surface area contributed by atoms with Crippen molar-refractivity contribution in [1.29, 1.82) is 0 Å². The van der Waals surface area contributed by atoms with Crippen LogP contribution < -0.4 is 0 Å². The van der Waals surface area contributed by atoms with Crippen LogP contribution in [0.5, 0.6) is 0 Å². The Kier molecular flexibility index (Phi) is 5.09. The molecule has 5 heteroatoms. The Morgan fingerprint density at radius 3 is 2.82 bits per heavy atom. The van der Waals surface area contributed by atoms with E-state index in [2.05, 4.69) is 48.8 Å². The molecule has 0 saturated carbocycles. The lowest BCUT2D eigenvalue weighted by Crippen LogP contribution is -2.37. The van der Waals surface area contributed by atoms with Crippen LogP contribution in [0.25, 0.3) is 11.1 Å². The first-order valence-corrected chi connectivity index (χ1v) is 10.4. The summed E-state index contributed by atoms with van der Waals surface area (Å²) >= 11 is 7.91. The minimum Gasteiger partial charge on any atom is -0.333 e. The maximum atomic E-state index is 12.4. The van der Waals surface area contributed by atoms with Crippen molar-refractivity contribution in [2.75, 3.05) is 6.54 Å². The van der Waals surface area contributed by atoms with Gasteiger partial charge in [0.05, 0.1) is 10.9 Å². The summed E-state index contributed by atoms with van der Waals surface area (Å²) in [6.45, 7) is 9.01. The van der Waals surface area contributed by atoms with E-state index in [0.717, 1.165) is 26.0 Å². The summed E-state index contributed by atoms with van der Waals surface area (Å²) in [6, 6.07) is 12.5. The van der Waals surface area contributed by atoms with Gasteiger partial charge >= 0.3 is 0 Å². The molecule has 1 aliphatic rings. The summed E-state index contributed by atoms with van der Waals surface area (Å²) in [6.07, 6.45) is 3.23. The lowest BCUT2D eigenvalue weighted by molar-refractivity contribution is -0.127. The molecule has 0 bridgehead atoms. The average Bonchev–Trinajstić information content (AvgIpc) is 3.07. The topological polar surface area (TPSA) is 33.2 Å². The van der Waals surface area contributed by atoms with Gasteiger partial charge < -0.3 is 4.90 Å². The van der Waals surface area contributed by atoms with Gasteiger partial charge in [-0.1, -0.05) is 42.4 Å². The number of hydrogen-bond acceptors (Lipinski definition) is 3. The van der Waals surface area contributed by atoms with E-state index in [1.165, 1.54) is 22.8 Å². The van der Waals surface area contributed by atoms with Gasteiger partial charge in [0.25, 0.3) is 0 Å². The Labute approximate surface area is 174 Å². The summed E-state index contributed by atoms with van der Waals surface area (Å²) in [4.78, 5) is 19.9. The average molecular weight is 409 g/mol. The van der Waals surface area contributed by atoms with Crippen molar-refractivity contribution in [2.24, 2.45) is 0 Å². The van der Waals surface area contributed by atoms with Crippen LogP contribution in [0.15, 0.2) is 55.3 Å². The second-order valence-corrected chi connectivity index (χ2v) is 8.85. The van der Waals surface area contributed by atoms with E-state index in [0.29, 0.717) is 13.1 Å². The van der Waals surface area contributed by atoms with Crippen LogP contribution in [0.4, 0.5) is 0 Å². The van der Waals surface area contributed by atoms with Gasteiger partial charge in [-0.15, -0.1) is 11.3 Å². The maximum absolute atomic E-state index is 12.4. The van der Waals surface area contributed by atoms with Gasteiger partial charge in [-0.05, 0) is 54.3 Å². The molecule has 142 valence electrons. The lowest BCUT2D eigenvalue weighted by Gasteiger charge is -2.33. The van der Waals surface area contributed by atoms with E-state index in [9.17, 15) is 4.79 Å². The number of thiophene rings is 1. The fourth-order valence-electron chi connectivity index (χ4n) is 4.08. The van der Waals surface area contributed by atoms with Gasteiger partial charge in [0.1, 0.15) is 0 Å². The van der Waals surface area contributed by atoms with Crippen molar-refractivity contribution in [3.8, 4) is 11.1 Å². The first-order chi connectivity index (χ1) is 13.5. The first kappa shape index (κ1) is 18.9. The van der Waals surface area contributed by atoms with E-state index in [1.807, 2.05) is 24.1 Å². The number of rotatable bonds is 3. The zero-order valence-electron chi connectivity index (χ0n) is 15.9. The van der Waals surface area contributed by atoms with Gasteiger partial charge in [-0.3, -0.25) is 9.78 Å². The van der Waals surface area contributed by atoms with E-state index in [4.69, 9.17) is 11.6 Å². The molecule has 0 N–H and O–H groups in total. The minimum absolute atomic E-state index is 0.0496. The molecule has 1 aromatic carbocycles. The third kappa shape index (κ3) is 3.27. The molecule has 0 unspecified atom stereocenters. The van der Waals surface area contributed by atoms with Gasteiger partial charge in [-0.25, -0.2) is 0 Å². The van der Waals surface area contributed by atoms with Crippen LogP contribution in [0.2, 0.25) is 4.34 Å². The highest BCUT2D eigenvalue weighted by molar-refractivity contribution is 7.16. The number of carbonyl (C=O) groups excluding carboxylic acids is 1. The fraction of sp³-hybridized carbons (Fsp3) is 0.217. The smallest absolute Gasteiger partial charge is 0.246 e. The molecule has 3 aromatic rings. The number of fused-ring (bicyclic) bond motifs is 1. The molecule has 0 saturated heterocycles. The van der Waals surface area contributed by atoms with E-state index in [-0.39, 0.29) is 11.8 Å². The van der Waals surface area contributed by atoms with Crippen LogP contribution >= 0.6 is 22.9 Å². The van der Waals surface area contributed by atoms with Gasteiger partial charge in [0.15, 0.2) is 0 Å². The minimum atomic E-state index is -0.0496. The SMILES string of the molecule is C=CC(=O)N1Cc2sc(Cl)cc2[C@@H](c2ccccc2-c2c(C)ccnc2C)C1. The molecule has 0 fully saturated rings. The van der Waals surface area contributed by atoms with Crippen molar-refractivity contribution in [3.05, 3.63) is 86.8 Å². The van der Waals surface area contributed by atoms with E-state index < -0.39 is 0 Å². The highest BCUT2D eigenvalue weighted by Gasteiger charge is 2.32. The molecule has 0 spiro atoms. The molecule has 1 aliphatic heterocycles. The molecule has 3 nitrogen and oxygen atoms in total. The number of hydrogen-bond donors (Lipinski definition) is 0. The third-order valence-corrected chi connectivity index (χ3v) is 6.63. The number of nitrogens with zero attached hydrogens (tertiary/aromatic N) is 2. The number of amides is 1. The van der Waals surface area contributed by atoms with E-state index >= 15 is 0 Å². The Hall–Kier alpha value is -2.43. The van der Waals surface area contributed by atoms with Crippen LogP contribution in [0.1, 0.15) is 33.2 Å². The number of carbonyl (C=O) groups is 1. The van der Waals surface area contributed by atoms with Crippen LogP contribution in [0, 0.1) is 13.8 Å². The number of aromatic nitrogens is 1. The molecular weight excluding hydrogens is 388 g/mol. The molecule has 4 rings (SSSR count). The largest absolute Gasteiger partial charge is 0.333 e. The standard InChI is InChI=1S/C23H21ClN2OS/c1-4-22(27)26-12-19(18-11-21(24)28-20(18)13-26)16-7-5-6-8-17(16)23-14(2)9-10-25-15(23)3/h4-11,19H,1,12-13H2,2-3H3/t19-/m1/s1. The Morgan fingerprint density at radius 2 is 2.07 bits per heavy atom.